The maximum absolute atomic E-state index is 13.8. The predicted molar refractivity (Wildman–Crippen MR) is 105 cm³/mol. The number of piperidine rings is 1. The van der Waals surface area contributed by atoms with Crippen LogP contribution in [0.2, 0.25) is 0 Å². The lowest BCUT2D eigenvalue weighted by molar-refractivity contribution is -0.132. The number of halogens is 3. The maximum atomic E-state index is 13.8. The summed E-state index contributed by atoms with van der Waals surface area (Å²) in [5, 5.41) is 3.05. The zero-order valence-corrected chi connectivity index (χ0v) is 18.0. The number of aromatic nitrogens is 1. The second-order valence-electron chi connectivity index (χ2n) is 7.80. The average molecular weight is 459 g/mol. The van der Waals surface area contributed by atoms with Gasteiger partial charge in [-0.3, -0.25) is 4.79 Å². The normalized spacial score (nSPS) is 16.5. The van der Waals surface area contributed by atoms with Crippen molar-refractivity contribution >= 4 is 15.7 Å². The average Bonchev–Trinajstić information content (AvgIpc) is 3.05. The van der Waals surface area contributed by atoms with Gasteiger partial charge in [0.25, 0.3) is 0 Å². The van der Waals surface area contributed by atoms with Gasteiger partial charge in [0.1, 0.15) is 10.7 Å². The highest BCUT2D eigenvalue weighted by molar-refractivity contribution is 7.92. The molecule has 3 rings (SSSR count). The highest BCUT2D eigenvalue weighted by atomic mass is 32.2. The first kappa shape index (κ1) is 23.3. The van der Waals surface area contributed by atoms with Gasteiger partial charge in [0, 0.05) is 31.6 Å². The Hall–Kier alpha value is -2.40. The molecule has 0 aliphatic carbocycles. The number of sulfone groups is 1. The van der Waals surface area contributed by atoms with Crippen LogP contribution < -0.4 is 5.73 Å². The third-order valence-electron chi connectivity index (χ3n) is 5.49. The van der Waals surface area contributed by atoms with Crippen LogP contribution in [0, 0.1) is 31.3 Å². The van der Waals surface area contributed by atoms with Crippen LogP contribution in [0.3, 0.4) is 0 Å². The van der Waals surface area contributed by atoms with Gasteiger partial charge in [-0.25, -0.2) is 21.6 Å². The number of hydrogen-bond donors (Lipinski definition) is 1. The van der Waals surface area contributed by atoms with E-state index in [0.717, 1.165) is 6.07 Å². The third kappa shape index (κ3) is 4.93. The zero-order valence-electron chi connectivity index (χ0n) is 17.2. The van der Waals surface area contributed by atoms with E-state index in [2.05, 4.69) is 5.16 Å². The first-order valence-corrected chi connectivity index (χ1v) is 11.4. The van der Waals surface area contributed by atoms with Gasteiger partial charge in [0.2, 0.25) is 5.91 Å². The van der Waals surface area contributed by atoms with E-state index in [1.807, 2.05) is 0 Å². The van der Waals surface area contributed by atoms with Crippen LogP contribution in [-0.2, 0) is 21.1 Å². The monoisotopic (exact) mass is 459 g/mol. The van der Waals surface area contributed by atoms with Gasteiger partial charge in [0.05, 0.1) is 10.9 Å². The number of hydrogen-bond acceptors (Lipinski definition) is 6. The fraction of sp³-hybridized carbons (Fsp3) is 0.500. The number of nitrogens with two attached hydrogens (primary N) is 1. The van der Waals surface area contributed by atoms with Crippen LogP contribution in [0.25, 0.3) is 0 Å². The molecule has 1 aliphatic heterocycles. The Morgan fingerprint density at radius 2 is 1.81 bits per heavy atom. The molecule has 11 heteroatoms. The minimum atomic E-state index is -3.63. The Balaban J connectivity index is 1.57. The van der Waals surface area contributed by atoms with Gasteiger partial charge in [0.15, 0.2) is 27.2 Å². The van der Waals surface area contributed by atoms with E-state index in [0.29, 0.717) is 11.8 Å². The van der Waals surface area contributed by atoms with Crippen molar-refractivity contribution in [1.82, 2.24) is 10.1 Å². The summed E-state index contributed by atoms with van der Waals surface area (Å²) in [6, 6.07) is 0.388. The predicted octanol–water partition coefficient (Wildman–Crippen LogP) is 2.43. The zero-order chi connectivity index (χ0) is 22.9. The van der Waals surface area contributed by atoms with Crippen LogP contribution in [0.5, 0.6) is 0 Å². The Bertz CT molecular complexity index is 1060. The molecule has 0 bridgehead atoms. The molecule has 31 heavy (non-hydrogen) atoms. The number of amides is 1. The van der Waals surface area contributed by atoms with Crippen LogP contribution in [0.15, 0.2) is 21.6 Å². The van der Waals surface area contributed by atoms with Crippen molar-refractivity contribution in [1.29, 1.82) is 0 Å². The van der Waals surface area contributed by atoms with E-state index < -0.39 is 38.6 Å². The number of rotatable bonds is 6. The van der Waals surface area contributed by atoms with Gasteiger partial charge in [-0.2, -0.15) is 0 Å². The number of carbonyl (C=O) groups excluding carboxylic acids is 1. The number of likely N-dealkylation sites (tertiary alicyclic amines) is 1. The molecular weight excluding hydrogens is 435 g/mol. The van der Waals surface area contributed by atoms with Gasteiger partial charge < -0.3 is 15.2 Å². The largest absolute Gasteiger partial charge is 0.360 e. The topological polar surface area (TPSA) is 106 Å². The number of benzene rings is 1. The summed E-state index contributed by atoms with van der Waals surface area (Å²) in [5.74, 6) is -3.46. The number of carbonyl (C=O) groups is 1. The molecule has 0 saturated carbocycles. The summed E-state index contributed by atoms with van der Waals surface area (Å²) in [5.41, 5.74) is 6.12. The smallest absolute Gasteiger partial charge is 0.224 e. The summed E-state index contributed by atoms with van der Waals surface area (Å²) in [7, 11) is -3.63. The first-order valence-electron chi connectivity index (χ1n) is 9.84. The van der Waals surface area contributed by atoms with Crippen molar-refractivity contribution in [2.75, 3.05) is 13.1 Å². The second kappa shape index (κ2) is 8.99. The quantitative estimate of drug-likeness (QED) is 0.665. The lowest BCUT2D eigenvalue weighted by Gasteiger charge is -2.32. The lowest BCUT2D eigenvalue weighted by Crippen LogP contribution is -2.44. The number of aryl methyl sites for hydroxylation is 2. The van der Waals surface area contributed by atoms with Gasteiger partial charge in [-0.05, 0) is 44.7 Å². The second-order valence-corrected chi connectivity index (χ2v) is 9.97. The van der Waals surface area contributed by atoms with Crippen molar-refractivity contribution in [3.63, 3.8) is 0 Å². The molecule has 1 saturated heterocycles. The van der Waals surface area contributed by atoms with E-state index in [4.69, 9.17) is 10.3 Å². The molecule has 1 fully saturated rings. The molecule has 1 atom stereocenters. The Morgan fingerprint density at radius 1 is 1.19 bits per heavy atom. The third-order valence-corrected chi connectivity index (χ3v) is 8.00. The molecule has 7 nitrogen and oxygen atoms in total. The summed E-state index contributed by atoms with van der Waals surface area (Å²) < 4.78 is 71.0. The summed E-state index contributed by atoms with van der Waals surface area (Å²) in [6.07, 6.45) is 0.252. The van der Waals surface area contributed by atoms with Crippen LogP contribution in [-0.4, -0.2) is 48.8 Å². The summed E-state index contributed by atoms with van der Waals surface area (Å²) >= 11 is 0. The minimum Gasteiger partial charge on any atom is -0.360 e. The van der Waals surface area contributed by atoms with Crippen LogP contribution >= 0.6 is 0 Å². The molecule has 1 aromatic carbocycles. The molecule has 1 aromatic heterocycles. The molecule has 0 radical (unpaired) electrons. The van der Waals surface area contributed by atoms with E-state index in [1.54, 1.807) is 13.8 Å². The van der Waals surface area contributed by atoms with Crippen molar-refractivity contribution < 1.29 is 30.9 Å². The molecular formula is C20H24F3N3O4S. The molecule has 0 spiro atoms. The standard InChI is InChI=1S/C20H24F3N3O4S/c1-11-20(12(2)30-25-11)31(28,29)15-3-5-26(6-4-15)19(27)9-14(24)7-13-8-17(22)18(23)10-16(13)21/h8,10,14-15H,3-7,9,24H2,1-2H3/t14-/m1/s1. The first-order chi connectivity index (χ1) is 14.5. The lowest BCUT2D eigenvalue weighted by atomic mass is 10.0. The Labute approximate surface area is 178 Å². The van der Waals surface area contributed by atoms with Crippen LogP contribution in [0.1, 0.15) is 36.3 Å². The molecule has 170 valence electrons. The fourth-order valence-corrected chi connectivity index (χ4v) is 5.94. The molecule has 1 aliphatic rings. The SMILES string of the molecule is Cc1noc(C)c1S(=O)(=O)C1CCN(C(=O)C[C@H](N)Cc2cc(F)c(F)cc2F)CC1. The maximum Gasteiger partial charge on any atom is 0.224 e. The van der Waals surface area contributed by atoms with Gasteiger partial charge in [-0.1, -0.05) is 5.16 Å². The van der Waals surface area contributed by atoms with Gasteiger partial charge in [-0.15, -0.1) is 0 Å². The summed E-state index contributed by atoms with van der Waals surface area (Å²) in [4.78, 5) is 14.2. The molecule has 0 unspecified atom stereocenters. The van der Waals surface area contributed by atoms with E-state index in [9.17, 15) is 26.4 Å². The van der Waals surface area contributed by atoms with E-state index in [1.165, 1.54) is 4.90 Å². The van der Waals surface area contributed by atoms with Crippen molar-refractivity contribution in [3.05, 3.63) is 46.6 Å². The molecule has 2 heterocycles. The minimum absolute atomic E-state index is 0.104. The van der Waals surface area contributed by atoms with Gasteiger partial charge >= 0.3 is 0 Å². The Kier molecular flexibility index (Phi) is 6.75. The highest BCUT2D eigenvalue weighted by Crippen LogP contribution is 2.29. The van der Waals surface area contributed by atoms with E-state index in [-0.39, 0.29) is 60.9 Å². The molecule has 2 aromatic rings. The van der Waals surface area contributed by atoms with Crippen molar-refractivity contribution in [3.8, 4) is 0 Å². The molecule has 2 N–H and O–H groups in total. The Morgan fingerprint density at radius 3 is 2.39 bits per heavy atom. The van der Waals surface area contributed by atoms with E-state index >= 15 is 0 Å². The van der Waals surface area contributed by atoms with Crippen molar-refractivity contribution in [2.24, 2.45) is 5.73 Å². The summed E-state index contributed by atoms with van der Waals surface area (Å²) in [6.45, 7) is 3.58. The van der Waals surface area contributed by atoms with Crippen molar-refractivity contribution in [2.45, 2.75) is 55.7 Å². The molecule has 1 amide bonds. The fourth-order valence-electron chi connectivity index (χ4n) is 3.89. The van der Waals surface area contributed by atoms with Crippen LogP contribution in [0.4, 0.5) is 13.2 Å². The number of nitrogens with zero attached hydrogens (tertiary/aromatic N) is 2. The highest BCUT2D eigenvalue weighted by Gasteiger charge is 2.36.